The molecule has 8 nitrogen and oxygen atoms in total. The van der Waals surface area contributed by atoms with Crippen LogP contribution in [0.1, 0.15) is 38.1 Å². The Labute approximate surface area is 202 Å². The van der Waals surface area contributed by atoms with E-state index in [-0.39, 0.29) is 41.7 Å². The maximum Gasteiger partial charge on any atom is 0.255 e. The van der Waals surface area contributed by atoms with Crippen LogP contribution in [0.5, 0.6) is 5.75 Å². The zero-order valence-electron chi connectivity index (χ0n) is 20.4. The number of carbonyl (C=O) groups excluding carboxylic acids is 1. The van der Waals surface area contributed by atoms with E-state index >= 15 is 0 Å². The lowest BCUT2D eigenvalue weighted by molar-refractivity contribution is -0.0440. The molecule has 0 aromatic heterocycles. The molecule has 1 fully saturated rings. The molecule has 9 heteroatoms. The molecule has 0 aliphatic carbocycles. The number of rotatable bonds is 10. The van der Waals surface area contributed by atoms with Crippen LogP contribution in [0.15, 0.2) is 53.4 Å². The van der Waals surface area contributed by atoms with Crippen molar-refractivity contribution in [3.63, 3.8) is 0 Å². The van der Waals surface area contributed by atoms with E-state index in [1.54, 1.807) is 36.4 Å². The highest BCUT2D eigenvalue weighted by atomic mass is 32.2. The van der Waals surface area contributed by atoms with E-state index in [0.717, 1.165) is 25.4 Å². The minimum atomic E-state index is -3.73. The van der Waals surface area contributed by atoms with Crippen LogP contribution in [0.2, 0.25) is 0 Å². The molecule has 186 valence electrons. The molecule has 2 aromatic rings. The van der Waals surface area contributed by atoms with Crippen LogP contribution < -0.4 is 10.1 Å². The highest BCUT2D eigenvalue weighted by molar-refractivity contribution is 7.89. The highest BCUT2D eigenvalue weighted by Crippen LogP contribution is 2.23. The number of nitrogens with one attached hydrogen (secondary N) is 1. The Kier molecular flexibility index (Phi) is 9.07. The van der Waals surface area contributed by atoms with Crippen molar-refractivity contribution >= 4 is 21.6 Å². The molecule has 1 aliphatic heterocycles. The number of nitrogens with zero attached hydrogens (tertiary/aromatic N) is 2. The Morgan fingerprint density at radius 1 is 1.09 bits per heavy atom. The molecule has 3 rings (SSSR count). The van der Waals surface area contributed by atoms with Gasteiger partial charge in [-0.15, -0.1) is 0 Å². The Morgan fingerprint density at radius 3 is 2.35 bits per heavy atom. The number of hydrogen-bond acceptors (Lipinski definition) is 6. The van der Waals surface area contributed by atoms with E-state index in [4.69, 9.17) is 9.47 Å². The monoisotopic (exact) mass is 489 g/mol. The largest absolute Gasteiger partial charge is 0.492 e. The zero-order valence-corrected chi connectivity index (χ0v) is 21.2. The fourth-order valence-electron chi connectivity index (χ4n) is 3.94. The fraction of sp³-hybridized carbons (Fsp3) is 0.480. The molecule has 2 aromatic carbocycles. The Balaban J connectivity index is 1.63. The number of morpholine rings is 1. The van der Waals surface area contributed by atoms with Crippen molar-refractivity contribution < 1.29 is 22.7 Å². The van der Waals surface area contributed by atoms with Crippen molar-refractivity contribution in [2.24, 2.45) is 0 Å². The van der Waals surface area contributed by atoms with Gasteiger partial charge in [-0.3, -0.25) is 4.79 Å². The van der Waals surface area contributed by atoms with Gasteiger partial charge in [-0.25, -0.2) is 8.42 Å². The standard InChI is InChI=1S/C25H35N3O5S/c1-5-27(6-2)14-15-32-23-12-10-22(11-13-23)26-25(29)21-8-7-9-24(16-21)34(30,31)28-17-19(3)33-20(4)18-28/h7-13,16,19-20H,5-6,14-15,17-18H2,1-4H3,(H,26,29)/t19-,20-/m1/s1. The number of likely N-dealkylation sites (N-methyl/N-ethyl adjacent to an activating group) is 1. The topological polar surface area (TPSA) is 88.2 Å². The number of amides is 1. The van der Waals surface area contributed by atoms with Crippen LogP contribution in [0.25, 0.3) is 0 Å². The number of benzene rings is 2. The molecule has 34 heavy (non-hydrogen) atoms. The molecule has 1 aliphatic rings. The predicted octanol–water partition coefficient (Wildman–Crippen LogP) is 3.46. The SMILES string of the molecule is CCN(CC)CCOc1ccc(NC(=O)c2cccc(S(=O)(=O)N3C[C@@H](C)O[C@H](C)C3)c2)cc1. The van der Waals surface area contributed by atoms with Gasteiger partial charge in [-0.05, 0) is 69.4 Å². The van der Waals surface area contributed by atoms with E-state index in [0.29, 0.717) is 12.3 Å². The quantitative estimate of drug-likeness (QED) is 0.550. The summed E-state index contributed by atoms with van der Waals surface area (Å²) in [6, 6.07) is 13.3. The summed E-state index contributed by atoms with van der Waals surface area (Å²) in [5, 5.41) is 2.82. The van der Waals surface area contributed by atoms with E-state index in [1.165, 1.54) is 16.4 Å². The highest BCUT2D eigenvalue weighted by Gasteiger charge is 2.32. The molecule has 0 radical (unpaired) electrons. The third-order valence-electron chi connectivity index (χ3n) is 5.80. The van der Waals surface area contributed by atoms with Gasteiger partial charge in [-0.1, -0.05) is 19.9 Å². The number of sulfonamides is 1. The molecular formula is C25H35N3O5S. The Hall–Kier alpha value is -2.46. The van der Waals surface area contributed by atoms with Crippen LogP contribution in [-0.2, 0) is 14.8 Å². The van der Waals surface area contributed by atoms with E-state index in [1.807, 2.05) is 13.8 Å². The molecular weight excluding hydrogens is 454 g/mol. The first kappa shape index (κ1) is 26.2. The normalized spacial score (nSPS) is 19.2. The van der Waals surface area contributed by atoms with E-state index < -0.39 is 10.0 Å². The maximum absolute atomic E-state index is 13.1. The Bertz CT molecular complexity index is 1040. The average molecular weight is 490 g/mol. The van der Waals surface area contributed by atoms with Gasteiger partial charge in [0.1, 0.15) is 12.4 Å². The van der Waals surface area contributed by atoms with Gasteiger partial charge in [-0.2, -0.15) is 4.31 Å². The summed E-state index contributed by atoms with van der Waals surface area (Å²) < 4.78 is 39.1. The number of carbonyl (C=O) groups is 1. The van der Waals surface area contributed by atoms with Crippen LogP contribution in [0.4, 0.5) is 5.69 Å². The molecule has 0 spiro atoms. The number of ether oxygens (including phenoxy) is 2. The maximum atomic E-state index is 13.1. The lowest BCUT2D eigenvalue weighted by Gasteiger charge is -2.34. The first-order chi connectivity index (χ1) is 16.2. The molecule has 0 saturated carbocycles. The summed E-state index contributed by atoms with van der Waals surface area (Å²) in [5.41, 5.74) is 0.875. The lowest BCUT2D eigenvalue weighted by Crippen LogP contribution is -2.48. The van der Waals surface area contributed by atoms with Crippen LogP contribution in [0, 0.1) is 0 Å². The van der Waals surface area contributed by atoms with Gasteiger partial charge in [0.25, 0.3) is 5.91 Å². The molecule has 0 unspecified atom stereocenters. The minimum Gasteiger partial charge on any atom is -0.492 e. The number of hydrogen-bond donors (Lipinski definition) is 1. The van der Waals surface area contributed by atoms with Gasteiger partial charge in [0, 0.05) is 30.9 Å². The molecule has 1 heterocycles. The number of anilines is 1. The van der Waals surface area contributed by atoms with Gasteiger partial charge in [0.15, 0.2) is 0 Å². The van der Waals surface area contributed by atoms with Gasteiger partial charge in [0.05, 0.1) is 17.1 Å². The first-order valence-corrected chi connectivity index (χ1v) is 13.2. The fourth-order valence-corrected chi connectivity index (χ4v) is 5.58. The lowest BCUT2D eigenvalue weighted by atomic mass is 10.2. The van der Waals surface area contributed by atoms with Gasteiger partial charge in [0.2, 0.25) is 10.0 Å². The Morgan fingerprint density at radius 2 is 1.74 bits per heavy atom. The van der Waals surface area contributed by atoms with Crippen molar-refractivity contribution in [1.29, 1.82) is 0 Å². The molecule has 1 saturated heterocycles. The predicted molar refractivity (Wildman–Crippen MR) is 133 cm³/mol. The molecule has 0 bridgehead atoms. The van der Waals surface area contributed by atoms with Crippen LogP contribution in [-0.4, -0.2) is 75.1 Å². The van der Waals surface area contributed by atoms with Crippen molar-refractivity contribution in [3.05, 3.63) is 54.1 Å². The summed E-state index contributed by atoms with van der Waals surface area (Å²) in [4.78, 5) is 15.2. The summed E-state index contributed by atoms with van der Waals surface area (Å²) in [5.74, 6) is 0.350. The first-order valence-electron chi connectivity index (χ1n) is 11.7. The van der Waals surface area contributed by atoms with Crippen LogP contribution in [0.3, 0.4) is 0 Å². The second-order valence-electron chi connectivity index (χ2n) is 8.46. The third kappa shape index (κ3) is 6.79. The van der Waals surface area contributed by atoms with Gasteiger partial charge < -0.3 is 19.7 Å². The zero-order chi connectivity index (χ0) is 24.7. The van der Waals surface area contributed by atoms with E-state index in [9.17, 15) is 13.2 Å². The third-order valence-corrected chi connectivity index (χ3v) is 7.63. The summed E-state index contributed by atoms with van der Waals surface area (Å²) in [7, 11) is -3.73. The summed E-state index contributed by atoms with van der Waals surface area (Å²) >= 11 is 0. The average Bonchev–Trinajstić information content (AvgIpc) is 2.82. The summed E-state index contributed by atoms with van der Waals surface area (Å²) in [6.45, 7) is 11.9. The van der Waals surface area contributed by atoms with Crippen LogP contribution >= 0.6 is 0 Å². The van der Waals surface area contributed by atoms with Crippen molar-refractivity contribution in [3.8, 4) is 5.75 Å². The minimum absolute atomic E-state index is 0.0957. The van der Waals surface area contributed by atoms with Crippen molar-refractivity contribution in [2.45, 2.75) is 44.8 Å². The van der Waals surface area contributed by atoms with Gasteiger partial charge >= 0.3 is 0 Å². The molecule has 1 N–H and O–H groups in total. The molecule has 2 atom stereocenters. The second kappa shape index (κ2) is 11.8. The van der Waals surface area contributed by atoms with E-state index in [2.05, 4.69) is 24.1 Å². The second-order valence-corrected chi connectivity index (χ2v) is 10.4. The molecule has 1 amide bonds. The van der Waals surface area contributed by atoms with Crippen molar-refractivity contribution in [2.75, 3.05) is 44.6 Å². The summed E-state index contributed by atoms with van der Waals surface area (Å²) in [6.07, 6.45) is -0.372. The van der Waals surface area contributed by atoms with Crippen molar-refractivity contribution in [1.82, 2.24) is 9.21 Å². The smallest absolute Gasteiger partial charge is 0.255 e.